The summed E-state index contributed by atoms with van der Waals surface area (Å²) in [6.07, 6.45) is 8.00. The van der Waals surface area contributed by atoms with Crippen LogP contribution in [0, 0.1) is 6.92 Å². The third kappa shape index (κ3) is 7.88. The van der Waals surface area contributed by atoms with Gasteiger partial charge in [0.1, 0.15) is 0 Å². The Morgan fingerprint density at radius 2 is 1.94 bits per heavy atom. The Kier molecular flexibility index (Phi) is 9.76. The van der Waals surface area contributed by atoms with Gasteiger partial charge < -0.3 is 15.5 Å². The van der Waals surface area contributed by atoms with E-state index in [1.165, 1.54) is 11.1 Å². The Morgan fingerprint density at radius 3 is 2.69 bits per heavy atom. The molecule has 35 heavy (non-hydrogen) atoms. The van der Waals surface area contributed by atoms with Crippen LogP contribution in [0.4, 0.5) is 11.6 Å². The summed E-state index contributed by atoms with van der Waals surface area (Å²) in [5.74, 6) is 0.594. The highest BCUT2D eigenvalue weighted by Crippen LogP contribution is 2.26. The molecule has 2 aromatic carbocycles. The van der Waals surface area contributed by atoms with E-state index in [0.717, 1.165) is 66.1 Å². The van der Waals surface area contributed by atoms with Gasteiger partial charge in [-0.05, 0) is 86.8 Å². The average molecular weight is 470 g/mol. The van der Waals surface area contributed by atoms with Crippen molar-refractivity contribution in [2.24, 2.45) is 0 Å². The molecule has 1 heterocycles. The molecule has 0 saturated carbocycles. The number of anilines is 2. The van der Waals surface area contributed by atoms with Gasteiger partial charge in [0, 0.05) is 37.1 Å². The highest BCUT2D eigenvalue weighted by Gasteiger charge is 2.10. The van der Waals surface area contributed by atoms with Gasteiger partial charge in [-0.2, -0.15) is 0 Å². The zero-order valence-corrected chi connectivity index (χ0v) is 21.9. The molecule has 1 aromatic heterocycles. The van der Waals surface area contributed by atoms with E-state index in [1.54, 1.807) is 0 Å². The molecular formula is C30H39N5. The molecule has 0 amide bonds. The summed E-state index contributed by atoms with van der Waals surface area (Å²) in [6, 6.07) is 15.1. The zero-order chi connectivity index (χ0) is 25.2. The van der Waals surface area contributed by atoms with Crippen molar-refractivity contribution in [3.05, 3.63) is 89.6 Å². The Balaban J connectivity index is 1.85. The highest BCUT2D eigenvalue weighted by molar-refractivity contribution is 5.71. The third-order valence-electron chi connectivity index (χ3n) is 5.90. The van der Waals surface area contributed by atoms with Gasteiger partial charge in [-0.1, -0.05) is 49.9 Å². The standard InChI is InChI=1S/C30H39N5/c1-7-9-11-25-17-27(22(3)20-31-14-15-35(5)6)19-28(18-25)33-30-32-21-23(4)29(34-30)26-13-10-12-24(8-2)16-26/h7,9-10,12-13,16-19,21,31H,3,8,11,14-15,20H2,1-2,4-6H3,(H,32,33,34)/b9-7-. The molecule has 5 nitrogen and oxygen atoms in total. The fraction of sp³-hybridized carbons (Fsp3) is 0.333. The first kappa shape index (κ1) is 26.3. The topological polar surface area (TPSA) is 53.1 Å². The van der Waals surface area contributed by atoms with Gasteiger partial charge in [0.15, 0.2) is 0 Å². The summed E-state index contributed by atoms with van der Waals surface area (Å²) < 4.78 is 0. The largest absolute Gasteiger partial charge is 0.324 e. The van der Waals surface area contributed by atoms with Crippen LogP contribution in [0.25, 0.3) is 16.8 Å². The number of aryl methyl sites for hydroxylation is 2. The lowest BCUT2D eigenvalue weighted by Crippen LogP contribution is -2.27. The van der Waals surface area contributed by atoms with E-state index in [4.69, 9.17) is 4.98 Å². The number of likely N-dealkylation sites (N-methyl/N-ethyl adjacent to an activating group) is 1. The summed E-state index contributed by atoms with van der Waals surface area (Å²) >= 11 is 0. The van der Waals surface area contributed by atoms with Crippen LogP contribution in [0.5, 0.6) is 0 Å². The van der Waals surface area contributed by atoms with Crippen LogP contribution in [-0.2, 0) is 12.8 Å². The molecule has 5 heteroatoms. The number of nitrogens with one attached hydrogen (secondary N) is 2. The van der Waals surface area contributed by atoms with Crippen LogP contribution >= 0.6 is 0 Å². The molecule has 0 aliphatic heterocycles. The van der Waals surface area contributed by atoms with Crippen LogP contribution < -0.4 is 10.6 Å². The van der Waals surface area contributed by atoms with Gasteiger partial charge in [-0.25, -0.2) is 9.97 Å². The fourth-order valence-electron chi connectivity index (χ4n) is 3.85. The first-order valence-electron chi connectivity index (χ1n) is 12.4. The molecule has 2 N–H and O–H groups in total. The van der Waals surface area contributed by atoms with Gasteiger partial charge in [0.05, 0.1) is 5.69 Å². The molecule has 0 unspecified atom stereocenters. The van der Waals surface area contributed by atoms with E-state index in [-0.39, 0.29) is 0 Å². The molecule has 3 aromatic rings. The maximum absolute atomic E-state index is 4.88. The Bertz CT molecular complexity index is 1160. The van der Waals surface area contributed by atoms with E-state index >= 15 is 0 Å². The molecule has 0 bridgehead atoms. The molecule has 3 rings (SSSR count). The van der Waals surface area contributed by atoms with E-state index in [2.05, 4.69) is 110 Å². The fourth-order valence-corrected chi connectivity index (χ4v) is 3.85. The molecular weight excluding hydrogens is 430 g/mol. The first-order valence-corrected chi connectivity index (χ1v) is 12.4. The van der Waals surface area contributed by atoms with Gasteiger partial charge in [-0.3, -0.25) is 0 Å². The normalized spacial score (nSPS) is 11.4. The smallest absolute Gasteiger partial charge is 0.227 e. The molecule has 0 fully saturated rings. The summed E-state index contributed by atoms with van der Waals surface area (Å²) in [5, 5.41) is 6.94. The number of hydrogen-bond acceptors (Lipinski definition) is 5. The zero-order valence-electron chi connectivity index (χ0n) is 21.9. The lowest BCUT2D eigenvalue weighted by atomic mass is 10.0. The quantitative estimate of drug-likeness (QED) is 0.250. The van der Waals surface area contributed by atoms with Crippen molar-refractivity contribution in [2.45, 2.75) is 33.6 Å². The van der Waals surface area contributed by atoms with Gasteiger partial charge in [0.2, 0.25) is 5.95 Å². The maximum atomic E-state index is 4.88. The molecule has 0 saturated heterocycles. The molecule has 0 spiro atoms. The van der Waals surface area contributed by atoms with E-state index < -0.39 is 0 Å². The number of hydrogen-bond donors (Lipinski definition) is 2. The lowest BCUT2D eigenvalue weighted by molar-refractivity contribution is 0.405. The maximum Gasteiger partial charge on any atom is 0.227 e. The van der Waals surface area contributed by atoms with Crippen molar-refractivity contribution in [2.75, 3.05) is 39.0 Å². The van der Waals surface area contributed by atoms with E-state index in [1.807, 2.05) is 13.1 Å². The number of aromatic nitrogens is 2. The summed E-state index contributed by atoms with van der Waals surface area (Å²) in [7, 11) is 4.16. The number of rotatable bonds is 12. The second-order valence-corrected chi connectivity index (χ2v) is 9.18. The predicted octanol–water partition coefficient (Wildman–Crippen LogP) is 6.04. The monoisotopic (exact) mass is 469 g/mol. The predicted molar refractivity (Wildman–Crippen MR) is 150 cm³/mol. The van der Waals surface area contributed by atoms with Crippen molar-refractivity contribution < 1.29 is 0 Å². The summed E-state index contributed by atoms with van der Waals surface area (Å²) in [5.41, 5.74) is 8.81. The summed E-state index contributed by atoms with van der Waals surface area (Å²) in [4.78, 5) is 11.6. The molecule has 0 aliphatic rings. The Labute approximate surface area is 211 Å². The second kappa shape index (κ2) is 13.0. The van der Waals surface area contributed by atoms with Crippen LogP contribution in [-0.4, -0.2) is 48.6 Å². The third-order valence-corrected chi connectivity index (χ3v) is 5.90. The Morgan fingerprint density at radius 1 is 1.11 bits per heavy atom. The van der Waals surface area contributed by atoms with Crippen molar-refractivity contribution in [1.29, 1.82) is 0 Å². The molecule has 0 aliphatic carbocycles. The van der Waals surface area contributed by atoms with E-state index in [9.17, 15) is 0 Å². The molecule has 0 radical (unpaired) electrons. The number of allylic oxidation sites excluding steroid dienone is 2. The second-order valence-electron chi connectivity index (χ2n) is 9.18. The number of benzene rings is 2. The first-order chi connectivity index (χ1) is 16.9. The lowest BCUT2D eigenvalue weighted by Gasteiger charge is -2.15. The van der Waals surface area contributed by atoms with Crippen LogP contribution in [0.3, 0.4) is 0 Å². The Hall–Kier alpha value is -3.28. The van der Waals surface area contributed by atoms with Crippen LogP contribution in [0.15, 0.2) is 67.4 Å². The minimum atomic E-state index is 0.594. The minimum absolute atomic E-state index is 0.594. The summed E-state index contributed by atoms with van der Waals surface area (Å²) in [6.45, 7) is 13.3. The van der Waals surface area contributed by atoms with Gasteiger partial charge in [0.25, 0.3) is 0 Å². The van der Waals surface area contributed by atoms with Crippen molar-refractivity contribution in [3.8, 4) is 11.3 Å². The van der Waals surface area contributed by atoms with Crippen molar-refractivity contribution in [3.63, 3.8) is 0 Å². The van der Waals surface area contributed by atoms with E-state index in [0.29, 0.717) is 5.95 Å². The average Bonchev–Trinajstić information content (AvgIpc) is 2.86. The van der Waals surface area contributed by atoms with Gasteiger partial charge >= 0.3 is 0 Å². The number of nitrogens with zero attached hydrogens (tertiary/aromatic N) is 3. The molecule has 0 atom stereocenters. The van der Waals surface area contributed by atoms with Crippen LogP contribution in [0.1, 0.15) is 36.1 Å². The van der Waals surface area contributed by atoms with Crippen molar-refractivity contribution in [1.82, 2.24) is 20.2 Å². The van der Waals surface area contributed by atoms with Crippen LogP contribution in [0.2, 0.25) is 0 Å². The van der Waals surface area contributed by atoms with Gasteiger partial charge in [-0.15, -0.1) is 0 Å². The SMILES string of the molecule is C=C(CNCCN(C)C)c1cc(C/C=C\C)cc(Nc2ncc(C)c(-c3cccc(CC)c3)n2)c1. The minimum Gasteiger partial charge on any atom is -0.324 e. The highest BCUT2D eigenvalue weighted by atomic mass is 15.1. The molecule has 184 valence electrons. The van der Waals surface area contributed by atoms with Crippen molar-refractivity contribution >= 4 is 17.2 Å².